The average Bonchev–Trinajstić information content (AvgIpc) is 2.53. The van der Waals surface area contributed by atoms with Crippen LogP contribution in [-0.2, 0) is 0 Å². The first-order valence-corrected chi connectivity index (χ1v) is 5.64. The van der Waals surface area contributed by atoms with E-state index in [2.05, 4.69) is 15.9 Å². The summed E-state index contributed by atoms with van der Waals surface area (Å²) in [5.41, 5.74) is 5.15. The first-order chi connectivity index (χ1) is 5.68. The Morgan fingerprint density at radius 2 is 2.33 bits per heavy atom. The lowest BCUT2D eigenvalue weighted by Crippen LogP contribution is -2.07. The summed E-state index contributed by atoms with van der Waals surface area (Å²) in [6.07, 6.45) is 0. The minimum absolute atomic E-state index is 0.352. The summed E-state index contributed by atoms with van der Waals surface area (Å²) in [6, 6.07) is 1.83. The number of thiophene rings is 2. The van der Waals surface area contributed by atoms with Crippen molar-refractivity contribution in [1.29, 1.82) is 0 Å². The molecule has 0 fully saturated rings. The highest BCUT2D eigenvalue weighted by Gasteiger charge is 2.09. The maximum Gasteiger partial charge on any atom is 0.258 e. The second kappa shape index (κ2) is 2.83. The van der Waals surface area contributed by atoms with Gasteiger partial charge in [0.1, 0.15) is 0 Å². The number of rotatable bonds is 1. The van der Waals surface area contributed by atoms with E-state index in [1.165, 1.54) is 11.3 Å². The van der Waals surface area contributed by atoms with Crippen LogP contribution in [0.3, 0.4) is 0 Å². The zero-order valence-electron chi connectivity index (χ0n) is 5.83. The Kier molecular flexibility index (Phi) is 1.94. The fourth-order valence-electron chi connectivity index (χ4n) is 0.918. The van der Waals surface area contributed by atoms with Crippen molar-refractivity contribution in [2.75, 3.05) is 0 Å². The number of primary amides is 1. The number of amides is 1. The number of hydrogen-bond acceptors (Lipinski definition) is 3. The van der Waals surface area contributed by atoms with Crippen molar-refractivity contribution in [2.24, 2.45) is 5.73 Å². The second-order valence-corrected chi connectivity index (χ2v) is 5.07. The molecule has 0 unspecified atom stereocenters. The van der Waals surface area contributed by atoms with E-state index in [4.69, 9.17) is 5.73 Å². The topological polar surface area (TPSA) is 43.1 Å². The number of nitrogens with two attached hydrogens (primary N) is 1. The smallest absolute Gasteiger partial charge is 0.258 e. The maximum atomic E-state index is 10.8. The molecule has 0 aliphatic rings. The molecule has 0 bridgehead atoms. The molecular formula is C7H4BrNOS2. The first kappa shape index (κ1) is 8.22. The third kappa shape index (κ3) is 1.18. The molecule has 0 radical (unpaired) electrons. The molecule has 2 aromatic heterocycles. The minimum atomic E-state index is -0.352. The van der Waals surface area contributed by atoms with Crippen LogP contribution in [0, 0.1) is 0 Å². The van der Waals surface area contributed by atoms with E-state index in [-0.39, 0.29) is 5.91 Å². The standard InChI is InChI=1S/C7H4BrNOS2/c8-3-2-11-4-1-5(7(9)10)12-6(3)4/h1-2H,(H2,9,10). The van der Waals surface area contributed by atoms with E-state index >= 15 is 0 Å². The van der Waals surface area contributed by atoms with Crippen LogP contribution in [0.15, 0.2) is 15.9 Å². The zero-order valence-corrected chi connectivity index (χ0v) is 9.05. The maximum absolute atomic E-state index is 10.8. The van der Waals surface area contributed by atoms with Gasteiger partial charge in [0, 0.05) is 14.6 Å². The predicted molar refractivity (Wildman–Crippen MR) is 55.9 cm³/mol. The molecule has 0 saturated carbocycles. The summed E-state index contributed by atoms with van der Waals surface area (Å²) in [7, 11) is 0. The lowest BCUT2D eigenvalue weighted by atomic mass is 10.4. The van der Waals surface area contributed by atoms with Gasteiger partial charge in [-0.25, -0.2) is 0 Å². The lowest BCUT2D eigenvalue weighted by molar-refractivity contribution is 0.100. The van der Waals surface area contributed by atoms with Crippen LogP contribution in [0.2, 0.25) is 0 Å². The summed E-state index contributed by atoms with van der Waals surface area (Å²) in [5.74, 6) is -0.352. The Morgan fingerprint density at radius 1 is 1.58 bits per heavy atom. The third-order valence-electron chi connectivity index (χ3n) is 1.45. The molecular weight excluding hydrogens is 258 g/mol. The van der Waals surface area contributed by atoms with Gasteiger partial charge in [0.2, 0.25) is 0 Å². The number of fused-ring (bicyclic) bond motifs is 1. The highest BCUT2D eigenvalue weighted by atomic mass is 79.9. The van der Waals surface area contributed by atoms with E-state index in [1.807, 2.05) is 11.4 Å². The normalized spacial score (nSPS) is 10.8. The van der Waals surface area contributed by atoms with Crippen molar-refractivity contribution in [2.45, 2.75) is 0 Å². The second-order valence-electron chi connectivity index (χ2n) is 2.25. The largest absolute Gasteiger partial charge is 0.365 e. The molecule has 2 N–H and O–H groups in total. The van der Waals surface area contributed by atoms with E-state index < -0.39 is 0 Å². The quantitative estimate of drug-likeness (QED) is 0.843. The van der Waals surface area contributed by atoms with Gasteiger partial charge >= 0.3 is 0 Å². The molecule has 2 heterocycles. The van der Waals surface area contributed by atoms with Crippen molar-refractivity contribution >= 4 is 53.9 Å². The molecule has 62 valence electrons. The molecule has 5 heteroatoms. The van der Waals surface area contributed by atoms with Crippen molar-refractivity contribution in [3.05, 3.63) is 20.8 Å². The number of carbonyl (C=O) groups is 1. The van der Waals surface area contributed by atoms with Gasteiger partial charge in [-0.05, 0) is 22.0 Å². The van der Waals surface area contributed by atoms with Crippen LogP contribution in [0.4, 0.5) is 0 Å². The van der Waals surface area contributed by atoms with Gasteiger partial charge in [-0.3, -0.25) is 4.79 Å². The van der Waals surface area contributed by atoms with E-state index in [9.17, 15) is 4.79 Å². The summed E-state index contributed by atoms with van der Waals surface area (Å²) in [5, 5.41) is 2.01. The van der Waals surface area contributed by atoms with Gasteiger partial charge in [0.05, 0.1) is 9.58 Å². The number of carbonyl (C=O) groups excluding carboxylic acids is 1. The molecule has 2 aromatic rings. The zero-order chi connectivity index (χ0) is 8.72. The van der Waals surface area contributed by atoms with E-state index in [0.29, 0.717) is 4.88 Å². The summed E-state index contributed by atoms with van der Waals surface area (Å²) in [6.45, 7) is 0. The fraction of sp³-hybridized carbons (Fsp3) is 0. The molecule has 12 heavy (non-hydrogen) atoms. The van der Waals surface area contributed by atoms with Gasteiger partial charge in [-0.1, -0.05) is 0 Å². The highest BCUT2D eigenvalue weighted by molar-refractivity contribution is 9.10. The van der Waals surface area contributed by atoms with Crippen molar-refractivity contribution in [1.82, 2.24) is 0 Å². The Bertz CT molecular complexity index is 445. The SMILES string of the molecule is NC(=O)c1cc2scc(Br)c2s1. The summed E-state index contributed by atoms with van der Waals surface area (Å²) < 4.78 is 3.26. The third-order valence-corrected chi connectivity index (χ3v) is 4.88. The Morgan fingerprint density at radius 3 is 2.92 bits per heavy atom. The van der Waals surface area contributed by atoms with Crippen molar-refractivity contribution in [3.63, 3.8) is 0 Å². The lowest BCUT2D eigenvalue weighted by Gasteiger charge is -1.82. The van der Waals surface area contributed by atoms with Crippen LogP contribution in [-0.4, -0.2) is 5.91 Å². The van der Waals surface area contributed by atoms with Crippen LogP contribution in [0.25, 0.3) is 9.40 Å². The molecule has 0 aliphatic heterocycles. The molecule has 0 spiro atoms. The van der Waals surface area contributed by atoms with E-state index in [1.54, 1.807) is 11.3 Å². The predicted octanol–water partition coefficient (Wildman–Crippen LogP) is 2.82. The van der Waals surface area contributed by atoms with Crippen LogP contribution in [0.5, 0.6) is 0 Å². The van der Waals surface area contributed by atoms with Gasteiger partial charge in [-0.2, -0.15) is 0 Å². The Hall–Kier alpha value is -0.390. The molecule has 0 aliphatic carbocycles. The van der Waals surface area contributed by atoms with Crippen molar-refractivity contribution in [3.8, 4) is 0 Å². The van der Waals surface area contributed by atoms with Gasteiger partial charge in [-0.15, -0.1) is 22.7 Å². The van der Waals surface area contributed by atoms with Crippen LogP contribution >= 0.6 is 38.6 Å². The monoisotopic (exact) mass is 261 g/mol. The van der Waals surface area contributed by atoms with Gasteiger partial charge in [0.25, 0.3) is 5.91 Å². The van der Waals surface area contributed by atoms with Gasteiger partial charge < -0.3 is 5.73 Å². The molecule has 1 amide bonds. The average molecular weight is 262 g/mol. The van der Waals surface area contributed by atoms with Gasteiger partial charge in [0.15, 0.2) is 0 Å². The van der Waals surface area contributed by atoms with E-state index in [0.717, 1.165) is 13.9 Å². The van der Waals surface area contributed by atoms with Crippen LogP contribution in [0.1, 0.15) is 9.67 Å². The minimum Gasteiger partial charge on any atom is -0.365 e. The molecule has 2 nitrogen and oxygen atoms in total. The highest BCUT2D eigenvalue weighted by Crippen LogP contribution is 2.36. The Labute approximate surface area is 85.1 Å². The first-order valence-electron chi connectivity index (χ1n) is 3.15. The summed E-state index contributed by atoms with van der Waals surface area (Å²) in [4.78, 5) is 11.4. The van der Waals surface area contributed by atoms with Crippen LogP contribution < -0.4 is 5.73 Å². The Balaban J connectivity index is 2.70. The molecule has 0 saturated heterocycles. The number of hydrogen-bond donors (Lipinski definition) is 1. The molecule has 0 atom stereocenters. The number of halogens is 1. The molecule has 2 rings (SSSR count). The molecule has 0 aromatic carbocycles. The summed E-state index contributed by atoms with van der Waals surface area (Å²) >= 11 is 6.43. The van der Waals surface area contributed by atoms with Crippen molar-refractivity contribution < 1.29 is 4.79 Å². The fourth-order valence-corrected chi connectivity index (χ4v) is 3.77.